The van der Waals surface area contributed by atoms with E-state index < -0.39 is 0 Å². The number of nitrogen functional groups attached to an aromatic ring is 1. The lowest BCUT2D eigenvalue weighted by molar-refractivity contribution is 0.0322. The third-order valence-corrected chi connectivity index (χ3v) is 5.31. The minimum atomic E-state index is 0.567. The first-order valence-corrected chi connectivity index (χ1v) is 9.62. The van der Waals surface area contributed by atoms with Gasteiger partial charge in [-0.3, -0.25) is 4.90 Å². The molecule has 2 aliphatic rings. The third-order valence-electron chi connectivity index (χ3n) is 5.31. The van der Waals surface area contributed by atoms with Crippen molar-refractivity contribution >= 4 is 5.82 Å². The second-order valence-electron chi connectivity index (χ2n) is 7.03. The number of pyridine rings is 1. The highest BCUT2D eigenvalue weighted by Crippen LogP contribution is 2.36. The predicted molar refractivity (Wildman–Crippen MR) is 103 cm³/mol. The van der Waals surface area contributed by atoms with Gasteiger partial charge in [0.1, 0.15) is 18.2 Å². The van der Waals surface area contributed by atoms with E-state index in [9.17, 15) is 0 Å². The number of rotatable bonds is 5. The van der Waals surface area contributed by atoms with Crippen LogP contribution in [0, 0.1) is 0 Å². The molecule has 4 rings (SSSR count). The van der Waals surface area contributed by atoms with E-state index in [1.54, 1.807) is 0 Å². The Labute approximate surface area is 155 Å². The molecule has 0 spiro atoms. The molecule has 1 aliphatic heterocycles. The van der Waals surface area contributed by atoms with E-state index in [4.69, 9.17) is 15.2 Å². The van der Waals surface area contributed by atoms with Crippen LogP contribution in [-0.4, -0.2) is 49.3 Å². The van der Waals surface area contributed by atoms with Crippen molar-refractivity contribution in [2.24, 2.45) is 0 Å². The summed E-state index contributed by atoms with van der Waals surface area (Å²) in [6.07, 6.45) is 4.61. The number of hydrogen-bond acceptors (Lipinski definition) is 5. The quantitative estimate of drug-likeness (QED) is 0.896. The average Bonchev–Trinajstić information content (AvgIpc) is 2.69. The molecule has 1 aromatic carbocycles. The fourth-order valence-electron chi connectivity index (χ4n) is 3.92. The zero-order valence-electron chi connectivity index (χ0n) is 15.2. The molecule has 2 aromatic rings. The zero-order valence-corrected chi connectivity index (χ0v) is 15.2. The summed E-state index contributed by atoms with van der Waals surface area (Å²) in [4.78, 5) is 6.93. The highest BCUT2D eigenvalue weighted by Gasteiger charge is 2.20. The highest BCUT2D eigenvalue weighted by atomic mass is 16.5. The Morgan fingerprint density at radius 2 is 1.85 bits per heavy atom. The van der Waals surface area contributed by atoms with E-state index in [1.165, 1.54) is 29.5 Å². The molecule has 1 aliphatic carbocycles. The molecule has 5 heteroatoms. The largest absolute Gasteiger partial charge is 0.492 e. The molecule has 0 amide bonds. The molecule has 1 aromatic heterocycles. The van der Waals surface area contributed by atoms with Crippen LogP contribution in [0.3, 0.4) is 0 Å². The Hall–Kier alpha value is -2.11. The molecule has 138 valence electrons. The average molecular weight is 353 g/mol. The Bertz CT molecular complexity index is 757. The smallest absolute Gasteiger partial charge is 0.124 e. The normalized spacial score (nSPS) is 17.7. The van der Waals surface area contributed by atoms with Crippen molar-refractivity contribution in [3.05, 3.63) is 41.5 Å². The summed E-state index contributed by atoms with van der Waals surface area (Å²) in [5.74, 6) is 1.61. The summed E-state index contributed by atoms with van der Waals surface area (Å²) in [5, 5.41) is 0. The molecule has 0 bridgehead atoms. The molecule has 1 saturated heterocycles. The van der Waals surface area contributed by atoms with Gasteiger partial charge in [0.25, 0.3) is 0 Å². The van der Waals surface area contributed by atoms with Crippen LogP contribution in [0.15, 0.2) is 30.3 Å². The van der Waals surface area contributed by atoms with Gasteiger partial charge in [-0.15, -0.1) is 0 Å². The first-order chi connectivity index (χ1) is 12.8. The summed E-state index contributed by atoms with van der Waals surface area (Å²) < 4.78 is 11.6. The minimum absolute atomic E-state index is 0.567. The van der Waals surface area contributed by atoms with Crippen LogP contribution in [0.2, 0.25) is 0 Å². The van der Waals surface area contributed by atoms with Crippen LogP contribution in [0.5, 0.6) is 5.75 Å². The number of nitrogens with zero attached hydrogens (tertiary/aromatic N) is 2. The maximum Gasteiger partial charge on any atom is 0.124 e. The molecule has 5 nitrogen and oxygen atoms in total. The van der Waals surface area contributed by atoms with Crippen LogP contribution >= 0.6 is 0 Å². The second-order valence-corrected chi connectivity index (χ2v) is 7.03. The lowest BCUT2D eigenvalue weighted by Gasteiger charge is -2.27. The number of fused-ring (bicyclic) bond motifs is 1. The fraction of sp³-hybridized carbons (Fsp3) is 0.476. The first kappa shape index (κ1) is 17.3. The lowest BCUT2D eigenvalue weighted by Crippen LogP contribution is -2.38. The number of aromatic nitrogens is 1. The van der Waals surface area contributed by atoms with Crippen molar-refractivity contribution in [2.45, 2.75) is 25.7 Å². The molecule has 1 fully saturated rings. The first-order valence-electron chi connectivity index (χ1n) is 9.62. The van der Waals surface area contributed by atoms with E-state index in [0.29, 0.717) is 5.82 Å². The van der Waals surface area contributed by atoms with Crippen molar-refractivity contribution in [3.8, 4) is 17.0 Å². The molecule has 0 radical (unpaired) electrons. The number of hydrogen-bond donors (Lipinski definition) is 1. The molecule has 26 heavy (non-hydrogen) atoms. The Morgan fingerprint density at radius 3 is 2.65 bits per heavy atom. The van der Waals surface area contributed by atoms with Crippen LogP contribution in [0.4, 0.5) is 5.82 Å². The van der Waals surface area contributed by atoms with Crippen molar-refractivity contribution in [1.82, 2.24) is 9.88 Å². The maximum absolute atomic E-state index is 6.19. The van der Waals surface area contributed by atoms with Crippen molar-refractivity contribution < 1.29 is 9.47 Å². The van der Waals surface area contributed by atoms with Gasteiger partial charge in [-0.2, -0.15) is 0 Å². The fourth-order valence-corrected chi connectivity index (χ4v) is 3.92. The maximum atomic E-state index is 6.19. The summed E-state index contributed by atoms with van der Waals surface area (Å²) in [6, 6.07) is 10.1. The lowest BCUT2D eigenvalue weighted by atomic mass is 9.86. The zero-order chi connectivity index (χ0) is 17.8. The van der Waals surface area contributed by atoms with E-state index >= 15 is 0 Å². The van der Waals surface area contributed by atoms with Gasteiger partial charge in [-0.05, 0) is 61.1 Å². The highest BCUT2D eigenvalue weighted by molar-refractivity contribution is 5.69. The second kappa shape index (κ2) is 8.06. The van der Waals surface area contributed by atoms with Gasteiger partial charge in [0, 0.05) is 25.2 Å². The Morgan fingerprint density at radius 1 is 1.04 bits per heavy atom. The number of ether oxygens (including phenoxy) is 2. The van der Waals surface area contributed by atoms with Gasteiger partial charge < -0.3 is 15.2 Å². The van der Waals surface area contributed by atoms with Gasteiger partial charge in [-0.1, -0.05) is 6.07 Å². The summed E-state index contributed by atoms with van der Waals surface area (Å²) in [5.41, 5.74) is 10.8. The SMILES string of the molecule is Nc1cccc(-c2ccc(OCCN3CCOCC3)c3c2CCCC3)n1. The van der Waals surface area contributed by atoms with Crippen molar-refractivity contribution in [3.63, 3.8) is 0 Å². The van der Waals surface area contributed by atoms with Gasteiger partial charge in [0.05, 0.1) is 18.9 Å². The molecule has 0 saturated carbocycles. The van der Waals surface area contributed by atoms with Crippen LogP contribution in [0.25, 0.3) is 11.3 Å². The third kappa shape index (κ3) is 3.84. The molecular formula is C21H27N3O2. The van der Waals surface area contributed by atoms with Gasteiger partial charge in [0.15, 0.2) is 0 Å². The molecular weight excluding hydrogens is 326 g/mol. The Kier molecular flexibility index (Phi) is 5.37. The number of anilines is 1. The van der Waals surface area contributed by atoms with E-state index in [0.717, 1.165) is 63.7 Å². The summed E-state index contributed by atoms with van der Waals surface area (Å²) in [7, 11) is 0. The van der Waals surface area contributed by atoms with Crippen molar-refractivity contribution in [2.75, 3.05) is 45.2 Å². The van der Waals surface area contributed by atoms with Gasteiger partial charge in [0.2, 0.25) is 0 Å². The van der Waals surface area contributed by atoms with Gasteiger partial charge in [-0.25, -0.2) is 4.98 Å². The summed E-state index contributed by atoms with van der Waals surface area (Å²) >= 11 is 0. The number of morpholine rings is 1. The van der Waals surface area contributed by atoms with Crippen LogP contribution in [0.1, 0.15) is 24.0 Å². The Balaban J connectivity index is 1.53. The number of benzene rings is 1. The number of nitrogens with two attached hydrogens (primary N) is 1. The van der Waals surface area contributed by atoms with Crippen LogP contribution < -0.4 is 10.5 Å². The molecule has 0 atom stereocenters. The molecule has 2 heterocycles. The summed E-state index contributed by atoms with van der Waals surface area (Å²) in [6.45, 7) is 5.34. The van der Waals surface area contributed by atoms with E-state index in [2.05, 4.69) is 22.0 Å². The van der Waals surface area contributed by atoms with Gasteiger partial charge >= 0.3 is 0 Å². The standard InChI is InChI=1S/C21H27N3O2/c22-21-7-3-6-19(23-21)17-8-9-20(18-5-2-1-4-16(17)18)26-15-12-24-10-13-25-14-11-24/h3,6-9H,1-2,4-5,10-15H2,(H2,22,23). The van der Waals surface area contributed by atoms with E-state index in [1.807, 2.05) is 18.2 Å². The topological polar surface area (TPSA) is 60.6 Å². The monoisotopic (exact) mass is 353 g/mol. The van der Waals surface area contributed by atoms with E-state index in [-0.39, 0.29) is 0 Å². The van der Waals surface area contributed by atoms with Crippen molar-refractivity contribution in [1.29, 1.82) is 0 Å². The minimum Gasteiger partial charge on any atom is -0.492 e. The van der Waals surface area contributed by atoms with Crippen LogP contribution in [-0.2, 0) is 17.6 Å². The molecule has 0 unspecified atom stereocenters. The molecule has 2 N–H and O–H groups in total. The predicted octanol–water partition coefficient (Wildman–Crippen LogP) is 2.92.